The Bertz CT molecular complexity index is 892. The summed E-state index contributed by atoms with van der Waals surface area (Å²) in [6.45, 7) is 3.66. The van der Waals surface area contributed by atoms with Gasteiger partial charge in [0, 0.05) is 43.2 Å². The van der Waals surface area contributed by atoms with E-state index in [2.05, 4.69) is 26.5 Å². The normalized spacial score (nSPS) is 18.2. The van der Waals surface area contributed by atoms with Crippen LogP contribution in [0.5, 0.6) is 0 Å². The zero-order valence-electron chi connectivity index (χ0n) is 13.6. The molecule has 1 amide bonds. The molecule has 128 valence electrons. The molecular formula is C18H18N4O2S. The minimum Gasteiger partial charge on any atom is -0.463 e. The van der Waals surface area contributed by atoms with Crippen LogP contribution < -0.4 is 0 Å². The minimum absolute atomic E-state index is 0.0152. The molecule has 5 heterocycles. The average Bonchev–Trinajstić information content (AvgIpc) is 3.32. The molecule has 0 unspecified atom stereocenters. The van der Waals surface area contributed by atoms with E-state index in [1.54, 1.807) is 12.3 Å². The van der Waals surface area contributed by atoms with Gasteiger partial charge in [0.05, 0.1) is 6.26 Å². The number of amides is 1. The predicted octanol–water partition coefficient (Wildman–Crippen LogP) is 2.61. The number of hydrogen-bond acceptors (Lipinski definition) is 5. The van der Waals surface area contributed by atoms with Crippen molar-refractivity contribution in [3.05, 3.63) is 52.0 Å². The summed E-state index contributed by atoms with van der Waals surface area (Å²) < 4.78 is 5.33. The molecule has 0 aromatic carbocycles. The number of carbonyl (C=O) groups excluding carboxylic acids is 1. The summed E-state index contributed by atoms with van der Waals surface area (Å²) in [5, 5.41) is 9.20. The van der Waals surface area contributed by atoms with Crippen LogP contribution in [0, 0.1) is 0 Å². The molecule has 0 radical (unpaired) electrons. The Labute approximate surface area is 149 Å². The summed E-state index contributed by atoms with van der Waals surface area (Å²) >= 11 is 1.86. The molecule has 7 heteroatoms. The van der Waals surface area contributed by atoms with Crippen molar-refractivity contribution in [3.63, 3.8) is 0 Å². The monoisotopic (exact) mass is 354 g/mol. The van der Waals surface area contributed by atoms with E-state index in [9.17, 15) is 4.79 Å². The number of nitrogens with zero attached hydrogens (tertiary/aromatic N) is 3. The van der Waals surface area contributed by atoms with Crippen LogP contribution in [0.1, 0.15) is 20.9 Å². The van der Waals surface area contributed by atoms with Crippen molar-refractivity contribution >= 4 is 17.2 Å². The number of rotatable bonds is 3. The number of aromatic nitrogens is 2. The van der Waals surface area contributed by atoms with Crippen LogP contribution in [0.2, 0.25) is 0 Å². The quantitative estimate of drug-likeness (QED) is 0.785. The van der Waals surface area contributed by atoms with Crippen LogP contribution in [-0.4, -0.2) is 51.6 Å². The maximum absolute atomic E-state index is 12.6. The highest BCUT2D eigenvalue weighted by Gasteiger charge is 2.37. The van der Waals surface area contributed by atoms with Crippen LogP contribution in [0.25, 0.3) is 11.5 Å². The second kappa shape index (κ2) is 5.86. The largest absolute Gasteiger partial charge is 0.463 e. The standard InChI is InChI=1S/C18H18N4O2S/c23-18(15-8-14(19-20-15)16-2-1-6-24-16)22-10-13(11-22)21-5-3-17-12(9-21)4-7-25-17/h1-2,4,6-8,13H,3,5,9-11H2,(H,19,20). The topological polar surface area (TPSA) is 65.4 Å². The third-order valence-electron chi connectivity index (χ3n) is 5.09. The maximum atomic E-state index is 12.6. The smallest absolute Gasteiger partial charge is 0.274 e. The first kappa shape index (κ1) is 14.9. The Kier molecular flexibility index (Phi) is 3.50. The summed E-state index contributed by atoms with van der Waals surface area (Å²) in [5.41, 5.74) is 2.63. The molecule has 3 aromatic rings. The maximum Gasteiger partial charge on any atom is 0.274 e. The highest BCUT2D eigenvalue weighted by molar-refractivity contribution is 7.10. The van der Waals surface area contributed by atoms with Gasteiger partial charge in [-0.05, 0) is 35.6 Å². The first-order chi connectivity index (χ1) is 12.3. The summed E-state index contributed by atoms with van der Waals surface area (Å²) in [5.74, 6) is 0.673. The van der Waals surface area contributed by atoms with Gasteiger partial charge in [0.25, 0.3) is 5.91 Å². The molecule has 0 aliphatic carbocycles. The molecule has 0 bridgehead atoms. The second-order valence-corrected chi connectivity index (χ2v) is 7.60. The van der Waals surface area contributed by atoms with E-state index < -0.39 is 0 Å². The number of thiophene rings is 1. The Morgan fingerprint density at radius 2 is 2.28 bits per heavy atom. The Morgan fingerprint density at radius 3 is 3.12 bits per heavy atom. The Balaban J connectivity index is 1.21. The zero-order chi connectivity index (χ0) is 16.8. The second-order valence-electron chi connectivity index (χ2n) is 6.60. The molecule has 1 N–H and O–H groups in total. The van der Waals surface area contributed by atoms with Gasteiger partial charge >= 0.3 is 0 Å². The molecule has 0 saturated carbocycles. The van der Waals surface area contributed by atoms with Crippen molar-refractivity contribution in [2.75, 3.05) is 19.6 Å². The minimum atomic E-state index is -0.0152. The van der Waals surface area contributed by atoms with E-state index in [-0.39, 0.29) is 5.91 Å². The highest BCUT2D eigenvalue weighted by atomic mass is 32.1. The van der Waals surface area contributed by atoms with E-state index in [0.29, 0.717) is 17.5 Å². The van der Waals surface area contributed by atoms with Gasteiger partial charge in [0.15, 0.2) is 11.5 Å². The molecule has 2 aliphatic heterocycles. The van der Waals surface area contributed by atoms with Gasteiger partial charge in [-0.25, -0.2) is 0 Å². The van der Waals surface area contributed by atoms with Crippen LogP contribution in [-0.2, 0) is 13.0 Å². The van der Waals surface area contributed by atoms with E-state index in [1.165, 1.54) is 10.4 Å². The lowest BCUT2D eigenvalue weighted by Gasteiger charge is -2.46. The molecule has 5 rings (SSSR count). The lowest BCUT2D eigenvalue weighted by atomic mass is 10.0. The van der Waals surface area contributed by atoms with Gasteiger partial charge in [-0.2, -0.15) is 5.10 Å². The van der Waals surface area contributed by atoms with Gasteiger partial charge in [0.2, 0.25) is 0 Å². The molecule has 1 saturated heterocycles. The van der Waals surface area contributed by atoms with Gasteiger partial charge in [-0.1, -0.05) is 0 Å². The summed E-state index contributed by atoms with van der Waals surface area (Å²) in [6, 6.07) is 8.10. The average molecular weight is 354 g/mol. The zero-order valence-corrected chi connectivity index (χ0v) is 14.5. The lowest BCUT2D eigenvalue weighted by Crippen LogP contribution is -2.61. The summed E-state index contributed by atoms with van der Waals surface area (Å²) in [7, 11) is 0. The van der Waals surface area contributed by atoms with Crippen LogP contribution in [0.4, 0.5) is 0 Å². The van der Waals surface area contributed by atoms with Gasteiger partial charge < -0.3 is 9.32 Å². The Hall–Kier alpha value is -2.38. The van der Waals surface area contributed by atoms with Crippen molar-refractivity contribution in [2.24, 2.45) is 0 Å². The van der Waals surface area contributed by atoms with Gasteiger partial charge in [-0.15, -0.1) is 11.3 Å². The number of hydrogen-bond donors (Lipinski definition) is 1. The molecule has 3 aromatic heterocycles. The number of likely N-dealkylation sites (tertiary alicyclic amines) is 1. The molecule has 0 atom stereocenters. The molecule has 6 nitrogen and oxygen atoms in total. The van der Waals surface area contributed by atoms with E-state index in [1.807, 2.05) is 28.4 Å². The van der Waals surface area contributed by atoms with Crippen molar-refractivity contribution in [3.8, 4) is 11.5 Å². The molecule has 25 heavy (non-hydrogen) atoms. The van der Waals surface area contributed by atoms with E-state index in [4.69, 9.17) is 4.42 Å². The number of carbonyl (C=O) groups is 1. The number of fused-ring (bicyclic) bond motifs is 1. The van der Waals surface area contributed by atoms with Crippen molar-refractivity contribution in [1.29, 1.82) is 0 Å². The summed E-state index contributed by atoms with van der Waals surface area (Å²) in [6.07, 6.45) is 2.73. The molecular weight excluding hydrogens is 336 g/mol. The number of nitrogens with one attached hydrogen (secondary N) is 1. The predicted molar refractivity (Wildman–Crippen MR) is 94.4 cm³/mol. The van der Waals surface area contributed by atoms with E-state index in [0.717, 1.165) is 38.3 Å². The van der Waals surface area contributed by atoms with Crippen LogP contribution >= 0.6 is 11.3 Å². The number of aromatic amines is 1. The SMILES string of the molecule is O=C(c1cc(-c2ccco2)[nH]n1)N1CC(N2CCc3sccc3C2)C1. The third kappa shape index (κ3) is 2.60. The summed E-state index contributed by atoms with van der Waals surface area (Å²) in [4.78, 5) is 18.5. The fourth-order valence-corrected chi connectivity index (χ4v) is 4.48. The van der Waals surface area contributed by atoms with Crippen LogP contribution in [0.3, 0.4) is 0 Å². The Morgan fingerprint density at radius 1 is 1.36 bits per heavy atom. The van der Waals surface area contributed by atoms with Crippen molar-refractivity contribution in [2.45, 2.75) is 19.0 Å². The number of H-pyrrole nitrogens is 1. The van der Waals surface area contributed by atoms with Crippen LogP contribution in [0.15, 0.2) is 40.3 Å². The van der Waals surface area contributed by atoms with Crippen molar-refractivity contribution in [1.82, 2.24) is 20.0 Å². The fraction of sp³-hybridized carbons (Fsp3) is 0.333. The fourth-order valence-electron chi connectivity index (χ4n) is 3.59. The lowest BCUT2D eigenvalue weighted by molar-refractivity contribution is 0.0216. The number of furan rings is 1. The molecule has 1 fully saturated rings. The van der Waals surface area contributed by atoms with Gasteiger partial charge in [0.1, 0.15) is 5.69 Å². The first-order valence-electron chi connectivity index (χ1n) is 8.46. The molecule has 0 spiro atoms. The van der Waals surface area contributed by atoms with E-state index >= 15 is 0 Å². The first-order valence-corrected chi connectivity index (χ1v) is 9.34. The van der Waals surface area contributed by atoms with Gasteiger partial charge in [-0.3, -0.25) is 14.8 Å². The third-order valence-corrected chi connectivity index (χ3v) is 6.11. The molecule has 2 aliphatic rings. The highest BCUT2D eigenvalue weighted by Crippen LogP contribution is 2.28. The van der Waals surface area contributed by atoms with Crippen molar-refractivity contribution < 1.29 is 9.21 Å².